The quantitative estimate of drug-likeness (QED) is 0.816. The summed E-state index contributed by atoms with van der Waals surface area (Å²) in [6.45, 7) is 2.91. The monoisotopic (exact) mass is 236 g/mol. The molecule has 0 radical (unpaired) electrons. The van der Waals surface area contributed by atoms with E-state index < -0.39 is 0 Å². The van der Waals surface area contributed by atoms with Crippen LogP contribution in [0.15, 0.2) is 0 Å². The maximum Gasteiger partial charge on any atom is 0.111 e. The summed E-state index contributed by atoms with van der Waals surface area (Å²) in [6, 6.07) is 3.11. The van der Waals surface area contributed by atoms with Crippen LogP contribution in [-0.4, -0.2) is 24.3 Å². The first-order valence-corrected chi connectivity index (χ1v) is 7.08. The highest BCUT2D eigenvalue weighted by molar-refractivity contribution is 5.11. The van der Waals surface area contributed by atoms with Gasteiger partial charge < -0.3 is 4.74 Å². The molecule has 2 aliphatic rings. The maximum absolute atomic E-state index is 9.52. The first-order valence-electron chi connectivity index (χ1n) is 7.08. The van der Waals surface area contributed by atoms with Crippen LogP contribution in [0.5, 0.6) is 0 Å². The van der Waals surface area contributed by atoms with Gasteiger partial charge in [0, 0.05) is 25.5 Å². The van der Waals surface area contributed by atoms with Crippen LogP contribution in [-0.2, 0) is 4.74 Å². The van der Waals surface area contributed by atoms with Gasteiger partial charge in [-0.3, -0.25) is 5.32 Å². The first-order chi connectivity index (χ1) is 8.28. The van der Waals surface area contributed by atoms with Gasteiger partial charge in [0.1, 0.15) is 5.54 Å². The predicted octanol–water partition coefficient (Wildman–Crippen LogP) is 2.76. The molecule has 1 saturated carbocycles. The van der Waals surface area contributed by atoms with Crippen molar-refractivity contribution in [3.63, 3.8) is 0 Å². The summed E-state index contributed by atoms with van der Waals surface area (Å²) < 4.78 is 5.75. The minimum absolute atomic E-state index is 0.280. The molecule has 0 aromatic rings. The normalized spacial score (nSPS) is 34.7. The number of ether oxygens (including phenoxy) is 1. The Kier molecular flexibility index (Phi) is 4.42. The Balaban J connectivity index is 1.95. The Morgan fingerprint density at radius 1 is 1.41 bits per heavy atom. The third kappa shape index (κ3) is 3.20. The molecule has 3 nitrogen and oxygen atoms in total. The average Bonchev–Trinajstić information content (AvgIpc) is 2.82. The van der Waals surface area contributed by atoms with E-state index >= 15 is 0 Å². The highest BCUT2D eigenvalue weighted by atomic mass is 16.5. The standard InChI is InChI=1S/C14H24N2O/c1-2-5-13-10-14(11-15,8-9-17-13)16-12-6-3-4-7-12/h12-13,16H,2-10H2,1H3. The van der Waals surface area contributed by atoms with Crippen LogP contribution in [0.25, 0.3) is 0 Å². The van der Waals surface area contributed by atoms with Crippen LogP contribution < -0.4 is 5.32 Å². The zero-order valence-electron chi connectivity index (χ0n) is 10.9. The minimum atomic E-state index is -0.312. The molecule has 2 atom stereocenters. The highest BCUT2D eigenvalue weighted by Gasteiger charge is 2.38. The SMILES string of the molecule is CCCC1CC(C#N)(NC2CCCC2)CCO1. The van der Waals surface area contributed by atoms with E-state index in [0.29, 0.717) is 6.04 Å². The number of hydrogen-bond acceptors (Lipinski definition) is 3. The lowest BCUT2D eigenvalue weighted by Gasteiger charge is -2.38. The number of nitriles is 1. The number of hydrogen-bond donors (Lipinski definition) is 1. The maximum atomic E-state index is 9.52. The molecular weight excluding hydrogens is 212 g/mol. The molecule has 3 heteroatoms. The molecule has 96 valence electrons. The van der Waals surface area contributed by atoms with Gasteiger partial charge in [-0.25, -0.2) is 0 Å². The minimum Gasteiger partial charge on any atom is -0.378 e. The molecule has 1 heterocycles. The molecule has 1 N–H and O–H groups in total. The second-order valence-electron chi connectivity index (χ2n) is 5.56. The third-order valence-corrected chi connectivity index (χ3v) is 4.12. The van der Waals surface area contributed by atoms with Crippen LogP contribution in [0.2, 0.25) is 0 Å². The third-order valence-electron chi connectivity index (χ3n) is 4.12. The van der Waals surface area contributed by atoms with Crippen molar-refractivity contribution in [3.8, 4) is 6.07 Å². The molecule has 0 bridgehead atoms. The smallest absolute Gasteiger partial charge is 0.111 e. The van der Waals surface area contributed by atoms with Crippen LogP contribution >= 0.6 is 0 Å². The molecule has 2 fully saturated rings. The lowest BCUT2D eigenvalue weighted by atomic mass is 9.85. The fraction of sp³-hybridized carbons (Fsp3) is 0.929. The lowest BCUT2D eigenvalue weighted by Crippen LogP contribution is -2.54. The predicted molar refractivity (Wildman–Crippen MR) is 67.6 cm³/mol. The van der Waals surface area contributed by atoms with Gasteiger partial charge in [0.15, 0.2) is 0 Å². The average molecular weight is 236 g/mol. The second-order valence-corrected chi connectivity index (χ2v) is 5.56. The molecule has 0 spiro atoms. The molecule has 0 amide bonds. The Morgan fingerprint density at radius 3 is 2.82 bits per heavy atom. The molecule has 0 aromatic heterocycles. The number of rotatable bonds is 4. The van der Waals surface area contributed by atoms with Crippen molar-refractivity contribution in [1.29, 1.82) is 5.26 Å². The fourth-order valence-corrected chi connectivity index (χ4v) is 3.18. The van der Waals surface area contributed by atoms with E-state index in [2.05, 4.69) is 18.3 Å². The van der Waals surface area contributed by atoms with Crippen molar-refractivity contribution in [2.75, 3.05) is 6.61 Å². The lowest BCUT2D eigenvalue weighted by molar-refractivity contribution is -0.0209. The molecule has 1 saturated heterocycles. The zero-order chi connectivity index (χ0) is 12.1. The Bertz CT molecular complexity index is 278. The summed E-state index contributed by atoms with van der Waals surface area (Å²) in [6.07, 6.45) is 9.31. The molecule has 17 heavy (non-hydrogen) atoms. The number of nitrogens with one attached hydrogen (secondary N) is 1. The first kappa shape index (κ1) is 12.9. The Morgan fingerprint density at radius 2 is 2.18 bits per heavy atom. The van der Waals surface area contributed by atoms with Gasteiger partial charge in [0.25, 0.3) is 0 Å². The summed E-state index contributed by atoms with van der Waals surface area (Å²) in [5, 5.41) is 13.1. The van der Waals surface area contributed by atoms with E-state index in [1.165, 1.54) is 25.7 Å². The number of nitrogens with zero attached hydrogens (tertiary/aromatic N) is 1. The molecule has 2 rings (SSSR count). The Hall–Kier alpha value is -0.590. The Labute approximate surface area is 105 Å². The van der Waals surface area contributed by atoms with E-state index in [1.54, 1.807) is 0 Å². The van der Waals surface area contributed by atoms with Gasteiger partial charge in [0.2, 0.25) is 0 Å². The van der Waals surface area contributed by atoms with Crippen LogP contribution in [0.3, 0.4) is 0 Å². The van der Waals surface area contributed by atoms with Crippen molar-refractivity contribution in [2.45, 2.75) is 76.0 Å². The van der Waals surface area contributed by atoms with Gasteiger partial charge in [-0.15, -0.1) is 0 Å². The summed E-state index contributed by atoms with van der Waals surface area (Å²) in [4.78, 5) is 0. The summed E-state index contributed by atoms with van der Waals surface area (Å²) in [5.74, 6) is 0. The molecule has 1 aliphatic carbocycles. The molecule has 2 unspecified atom stereocenters. The van der Waals surface area contributed by atoms with Crippen LogP contribution in [0, 0.1) is 11.3 Å². The largest absolute Gasteiger partial charge is 0.378 e. The highest BCUT2D eigenvalue weighted by Crippen LogP contribution is 2.29. The van der Waals surface area contributed by atoms with Gasteiger partial charge in [0.05, 0.1) is 12.2 Å². The van der Waals surface area contributed by atoms with Crippen molar-refractivity contribution in [2.24, 2.45) is 0 Å². The van der Waals surface area contributed by atoms with Gasteiger partial charge >= 0.3 is 0 Å². The van der Waals surface area contributed by atoms with Crippen molar-refractivity contribution >= 4 is 0 Å². The van der Waals surface area contributed by atoms with Gasteiger partial charge in [-0.2, -0.15) is 5.26 Å². The zero-order valence-corrected chi connectivity index (χ0v) is 10.9. The van der Waals surface area contributed by atoms with Crippen LogP contribution in [0.1, 0.15) is 58.3 Å². The van der Waals surface area contributed by atoms with E-state index in [9.17, 15) is 5.26 Å². The summed E-state index contributed by atoms with van der Waals surface area (Å²) in [7, 11) is 0. The summed E-state index contributed by atoms with van der Waals surface area (Å²) >= 11 is 0. The van der Waals surface area contributed by atoms with E-state index in [-0.39, 0.29) is 11.6 Å². The fourth-order valence-electron chi connectivity index (χ4n) is 3.18. The second kappa shape index (κ2) is 5.84. The van der Waals surface area contributed by atoms with Crippen LogP contribution in [0.4, 0.5) is 0 Å². The molecular formula is C14H24N2O. The van der Waals surface area contributed by atoms with Gasteiger partial charge in [-0.05, 0) is 19.3 Å². The van der Waals surface area contributed by atoms with Crippen molar-refractivity contribution < 1.29 is 4.74 Å². The van der Waals surface area contributed by atoms with Crippen molar-refractivity contribution in [3.05, 3.63) is 0 Å². The van der Waals surface area contributed by atoms with E-state index in [4.69, 9.17) is 4.74 Å². The molecule has 1 aliphatic heterocycles. The van der Waals surface area contributed by atoms with E-state index in [0.717, 1.165) is 32.3 Å². The molecule has 0 aromatic carbocycles. The summed E-state index contributed by atoms with van der Waals surface area (Å²) in [5.41, 5.74) is -0.312. The van der Waals surface area contributed by atoms with E-state index in [1.807, 2.05) is 0 Å². The topological polar surface area (TPSA) is 45.0 Å². The van der Waals surface area contributed by atoms with Crippen molar-refractivity contribution in [1.82, 2.24) is 5.32 Å². The van der Waals surface area contributed by atoms with Gasteiger partial charge in [-0.1, -0.05) is 26.2 Å².